The third kappa shape index (κ3) is 5.22. The van der Waals surface area contributed by atoms with Gasteiger partial charge in [0.05, 0.1) is 26.2 Å². The van der Waals surface area contributed by atoms with Crippen LogP contribution in [-0.4, -0.2) is 98.9 Å². The van der Waals surface area contributed by atoms with E-state index in [2.05, 4.69) is 27.0 Å². The number of hydrogen-bond donors (Lipinski definition) is 1. The van der Waals surface area contributed by atoms with Crippen LogP contribution in [0.2, 0.25) is 0 Å². The van der Waals surface area contributed by atoms with Gasteiger partial charge in [-0.3, -0.25) is 14.7 Å². The maximum atomic E-state index is 12.0. The minimum Gasteiger partial charge on any atom is -0.469 e. The fraction of sp³-hybridized carbons (Fsp3) is 0.889. The quantitative estimate of drug-likeness (QED) is 0.262. The average molecular weight is 512 g/mol. The highest BCUT2D eigenvalue weighted by Crippen LogP contribution is 2.34. The lowest BCUT2D eigenvalue weighted by atomic mass is 9.95. The number of nitrogens with zero attached hydrogens (tertiary/aromatic N) is 3. The average Bonchev–Trinajstić information content (AvgIpc) is 3.30. The predicted molar refractivity (Wildman–Crippen MR) is 120 cm³/mol. The summed E-state index contributed by atoms with van der Waals surface area (Å²) < 4.78 is 10.5. The van der Waals surface area contributed by atoms with Crippen molar-refractivity contribution >= 4 is 47.7 Å². The van der Waals surface area contributed by atoms with Crippen LogP contribution in [0.15, 0.2) is 4.99 Å². The summed E-state index contributed by atoms with van der Waals surface area (Å²) in [5.74, 6) is 3.34. The molecule has 0 aliphatic carbocycles. The molecule has 0 amide bonds. The van der Waals surface area contributed by atoms with E-state index in [0.717, 1.165) is 51.1 Å². The monoisotopic (exact) mass is 512 g/mol. The number of rotatable bonds is 4. The van der Waals surface area contributed by atoms with Gasteiger partial charge >= 0.3 is 5.97 Å². The summed E-state index contributed by atoms with van der Waals surface area (Å²) in [6, 6.07) is 0. The lowest BCUT2D eigenvalue weighted by molar-refractivity contribution is -0.145. The van der Waals surface area contributed by atoms with Crippen LogP contribution < -0.4 is 5.32 Å². The van der Waals surface area contributed by atoms with Gasteiger partial charge in [-0.25, -0.2) is 0 Å². The highest BCUT2D eigenvalue weighted by atomic mass is 127. The molecule has 3 aliphatic rings. The van der Waals surface area contributed by atoms with E-state index in [0.29, 0.717) is 6.54 Å². The molecule has 3 unspecified atom stereocenters. The van der Waals surface area contributed by atoms with Gasteiger partial charge in [0.2, 0.25) is 0 Å². The van der Waals surface area contributed by atoms with E-state index in [9.17, 15) is 4.79 Å². The lowest BCUT2D eigenvalue weighted by Crippen LogP contribution is -2.60. The van der Waals surface area contributed by atoms with Crippen molar-refractivity contribution in [2.45, 2.75) is 18.9 Å². The van der Waals surface area contributed by atoms with E-state index in [1.54, 1.807) is 0 Å². The Morgan fingerprint density at radius 2 is 2.11 bits per heavy atom. The van der Waals surface area contributed by atoms with Gasteiger partial charge in [0, 0.05) is 51.1 Å². The zero-order valence-corrected chi connectivity index (χ0v) is 19.8. The minimum absolute atomic E-state index is 0. The van der Waals surface area contributed by atoms with Gasteiger partial charge in [-0.15, -0.1) is 24.0 Å². The van der Waals surface area contributed by atoms with Crippen LogP contribution in [0.5, 0.6) is 0 Å². The highest BCUT2D eigenvalue weighted by Gasteiger charge is 2.42. The van der Waals surface area contributed by atoms with E-state index in [1.807, 2.05) is 18.8 Å². The van der Waals surface area contributed by atoms with E-state index in [4.69, 9.17) is 9.47 Å². The Morgan fingerprint density at radius 3 is 2.70 bits per heavy atom. The van der Waals surface area contributed by atoms with Crippen LogP contribution in [0.4, 0.5) is 0 Å². The maximum Gasteiger partial charge on any atom is 0.310 e. The number of nitrogens with one attached hydrogen (secondary N) is 1. The van der Waals surface area contributed by atoms with Gasteiger partial charge in [0.1, 0.15) is 0 Å². The first kappa shape index (κ1) is 23.0. The number of carbonyl (C=O) groups excluding carboxylic acids is 1. The second-order valence-electron chi connectivity index (χ2n) is 7.54. The molecule has 0 aromatic rings. The van der Waals surface area contributed by atoms with Crippen LogP contribution in [-0.2, 0) is 14.3 Å². The number of aliphatic imine (C=N–C) groups is 1. The Hall–Kier alpha value is -0.260. The Balaban J connectivity index is 0.00000261. The zero-order chi connectivity index (χ0) is 18.6. The Kier molecular flexibility index (Phi) is 8.95. The molecule has 3 fully saturated rings. The van der Waals surface area contributed by atoms with Crippen LogP contribution in [0.1, 0.15) is 13.3 Å². The fourth-order valence-corrected chi connectivity index (χ4v) is 5.79. The second-order valence-corrected chi connectivity index (χ2v) is 8.64. The largest absolute Gasteiger partial charge is 0.469 e. The summed E-state index contributed by atoms with van der Waals surface area (Å²) in [5.41, 5.74) is 0.178. The maximum absolute atomic E-state index is 12.0. The van der Waals surface area contributed by atoms with Crippen molar-refractivity contribution in [3.63, 3.8) is 0 Å². The van der Waals surface area contributed by atoms with Crippen LogP contribution in [0.3, 0.4) is 0 Å². The molecule has 0 aromatic carbocycles. The number of carbonyl (C=O) groups is 1. The summed E-state index contributed by atoms with van der Waals surface area (Å²) in [6.45, 7) is 8.17. The molecule has 0 aromatic heterocycles. The van der Waals surface area contributed by atoms with Gasteiger partial charge in [-0.1, -0.05) is 6.92 Å². The van der Waals surface area contributed by atoms with E-state index in [-0.39, 0.29) is 47.3 Å². The zero-order valence-electron chi connectivity index (χ0n) is 16.6. The number of methoxy groups -OCH3 is 1. The molecular formula is C18H33IN4O3S. The van der Waals surface area contributed by atoms with Crippen molar-refractivity contribution in [1.82, 2.24) is 15.1 Å². The minimum atomic E-state index is -0.118. The molecule has 7 nitrogen and oxygen atoms in total. The molecule has 1 N–H and O–H groups in total. The Morgan fingerprint density at radius 1 is 1.37 bits per heavy atom. The van der Waals surface area contributed by atoms with Gasteiger partial charge in [0.15, 0.2) is 5.96 Å². The van der Waals surface area contributed by atoms with Gasteiger partial charge in [-0.05, 0) is 18.1 Å². The number of halogens is 1. The summed E-state index contributed by atoms with van der Waals surface area (Å²) in [6.07, 6.45) is 1.20. The molecule has 27 heavy (non-hydrogen) atoms. The van der Waals surface area contributed by atoms with Crippen molar-refractivity contribution in [3.05, 3.63) is 0 Å². The van der Waals surface area contributed by atoms with Crippen LogP contribution in [0, 0.1) is 11.8 Å². The first-order chi connectivity index (χ1) is 12.6. The first-order valence-electron chi connectivity index (χ1n) is 9.53. The van der Waals surface area contributed by atoms with Gasteiger partial charge < -0.3 is 19.7 Å². The molecule has 156 valence electrons. The number of esters is 1. The van der Waals surface area contributed by atoms with Gasteiger partial charge in [-0.2, -0.15) is 11.8 Å². The number of guanidine groups is 1. The second kappa shape index (κ2) is 10.5. The Labute approximate surface area is 184 Å². The lowest BCUT2D eigenvalue weighted by Gasteiger charge is -2.43. The molecule has 0 radical (unpaired) electrons. The number of thioether (sulfide) groups is 1. The predicted octanol–water partition coefficient (Wildman–Crippen LogP) is 1.13. The van der Waals surface area contributed by atoms with E-state index in [1.165, 1.54) is 19.3 Å². The standard InChI is InChI=1S/C18H32N4O3S.HI/c1-14-10-21(11-15(14)16(23)24-3)17(19-2)20-12-18(4-9-26-13-18)22-5-7-25-8-6-22;/h14-15H,4-13H2,1-3H3,(H,19,20);1H. The summed E-state index contributed by atoms with van der Waals surface area (Å²) in [5, 5.41) is 3.62. The molecule has 0 spiro atoms. The third-order valence-electron chi connectivity index (χ3n) is 5.97. The van der Waals surface area contributed by atoms with E-state index >= 15 is 0 Å². The number of morpholine rings is 1. The highest BCUT2D eigenvalue weighted by molar-refractivity contribution is 14.0. The third-order valence-corrected chi connectivity index (χ3v) is 7.20. The molecule has 3 atom stereocenters. The SMILES string of the molecule is CN=C(NCC1(N2CCOCC2)CCSC1)N1CC(C)C(C(=O)OC)C1.I. The smallest absolute Gasteiger partial charge is 0.310 e. The summed E-state index contributed by atoms with van der Waals surface area (Å²) in [7, 11) is 3.29. The number of likely N-dealkylation sites (tertiary alicyclic amines) is 1. The molecule has 9 heteroatoms. The molecule has 3 aliphatic heterocycles. The topological polar surface area (TPSA) is 66.4 Å². The number of ether oxygens (including phenoxy) is 2. The fourth-order valence-electron chi connectivity index (χ4n) is 4.31. The van der Waals surface area contributed by atoms with Crippen LogP contribution >= 0.6 is 35.7 Å². The van der Waals surface area contributed by atoms with Crippen molar-refractivity contribution in [3.8, 4) is 0 Å². The Bertz CT molecular complexity index is 525. The van der Waals surface area contributed by atoms with E-state index < -0.39 is 0 Å². The van der Waals surface area contributed by atoms with Crippen molar-refractivity contribution in [2.75, 3.05) is 71.6 Å². The normalized spacial score (nSPS) is 32.3. The van der Waals surface area contributed by atoms with Gasteiger partial charge in [0.25, 0.3) is 0 Å². The summed E-state index contributed by atoms with van der Waals surface area (Å²) in [4.78, 5) is 21.3. The molecule has 0 bridgehead atoms. The van der Waals surface area contributed by atoms with Crippen molar-refractivity contribution in [2.24, 2.45) is 16.8 Å². The van der Waals surface area contributed by atoms with Crippen LogP contribution in [0.25, 0.3) is 0 Å². The molecule has 3 heterocycles. The number of hydrogen-bond acceptors (Lipinski definition) is 6. The van der Waals surface area contributed by atoms with Crippen molar-refractivity contribution < 1.29 is 14.3 Å². The first-order valence-corrected chi connectivity index (χ1v) is 10.7. The molecule has 3 rings (SSSR count). The molecular weight excluding hydrogens is 479 g/mol. The van der Waals surface area contributed by atoms with Crippen molar-refractivity contribution in [1.29, 1.82) is 0 Å². The molecule has 3 saturated heterocycles. The summed E-state index contributed by atoms with van der Waals surface area (Å²) >= 11 is 2.04. The molecule has 0 saturated carbocycles.